The van der Waals surface area contributed by atoms with Crippen LogP contribution < -0.4 is 5.32 Å². The third-order valence-corrected chi connectivity index (χ3v) is 4.82. The molecular weight excluding hydrogens is 332 g/mol. The fraction of sp³-hybridized carbons (Fsp3) is 0.263. The van der Waals surface area contributed by atoms with Crippen molar-refractivity contribution in [2.24, 2.45) is 0 Å². The molecule has 1 N–H and O–H groups in total. The number of carbonyl (C=O) groups is 1. The average molecular weight is 354 g/mol. The number of rotatable bonds is 7. The first kappa shape index (κ1) is 17.4. The van der Waals surface area contributed by atoms with Crippen LogP contribution in [0.2, 0.25) is 0 Å². The number of hydrogen-bond acceptors (Lipinski definition) is 4. The summed E-state index contributed by atoms with van der Waals surface area (Å²) in [5.41, 5.74) is 3.21. The third kappa shape index (κ3) is 4.55. The van der Waals surface area contributed by atoms with Gasteiger partial charge in [0, 0.05) is 18.9 Å². The number of nitrogens with zero attached hydrogens (tertiary/aromatic N) is 3. The number of benzene rings is 1. The SMILES string of the molecule is CN(C)[C@@H](CNC(=O)Cc1ccc(-n2cccn2)cc1)c1ccsc1. The molecule has 5 nitrogen and oxygen atoms in total. The maximum absolute atomic E-state index is 12.3. The van der Waals surface area contributed by atoms with Gasteiger partial charge in [0.2, 0.25) is 5.91 Å². The Bertz CT molecular complexity index is 779. The second-order valence-electron chi connectivity index (χ2n) is 6.13. The van der Waals surface area contributed by atoms with Crippen molar-refractivity contribution in [3.63, 3.8) is 0 Å². The fourth-order valence-electron chi connectivity index (χ4n) is 2.71. The molecular formula is C19H22N4OS. The standard InChI is InChI=1S/C19H22N4OS/c1-22(2)18(16-8-11-25-14-16)13-20-19(24)12-15-4-6-17(7-5-15)23-10-3-9-21-23/h3-11,14,18H,12-13H2,1-2H3,(H,20,24)/t18-/m0/s1. The van der Waals surface area contributed by atoms with Crippen molar-refractivity contribution in [1.29, 1.82) is 0 Å². The van der Waals surface area contributed by atoms with E-state index in [0.717, 1.165) is 11.3 Å². The van der Waals surface area contributed by atoms with Crippen LogP contribution in [-0.2, 0) is 11.2 Å². The van der Waals surface area contributed by atoms with Crippen LogP contribution in [0.1, 0.15) is 17.2 Å². The zero-order valence-electron chi connectivity index (χ0n) is 14.4. The summed E-state index contributed by atoms with van der Waals surface area (Å²) in [6.45, 7) is 0.605. The van der Waals surface area contributed by atoms with E-state index in [1.165, 1.54) is 5.56 Å². The van der Waals surface area contributed by atoms with Crippen molar-refractivity contribution in [2.75, 3.05) is 20.6 Å². The summed E-state index contributed by atoms with van der Waals surface area (Å²) in [7, 11) is 4.06. The Hall–Kier alpha value is -2.44. The van der Waals surface area contributed by atoms with Gasteiger partial charge >= 0.3 is 0 Å². The van der Waals surface area contributed by atoms with Crippen molar-refractivity contribution < 1.29 is 4.79 Å². The lowest BCUT2D eigenvalue weighted by Crippen LogP contribution is -2.35. The van der Waals surface area contributed by atoms with Gasteiger partial charge in [-0.15, -0.1) is 0 Å². The molecule has 0 spiro atoms. The van der Waals surface area contributed by atoms with E-state index in [9.17, 15) is 4.79 Å². The first-order valence-corrected chi connectivity index (χ1v) is 9.12. The van der Waals surface area contributed by atoms with E-state index in [1.807, 2.05) is 50.6 Å². The average Bonchev–Trinajstić information content (AvgIpc) is 3.29. The van der Waals surface area contributed by atoms with Gasteiger partial charge in [0.1, 0.15) is 0 Å². The summed E-state index contributed by atoms with van der Waals surface area (Å²) in [5, 5.41) is 11.4. The van der Waals surface area contributed by atoms with E-state index in [1.54, 1.807) is 22.2 Å². The number of amides is 1. The molecule has 0 saturated heterocycles. The molecule has 0 bridgehead atoms. The van der Waals surface area contributed by atoms with E-state index in [2.05, 4.69) is 32.1 Å². The molecule has 1 amide bonds. The molecule has 2 heterocycles. The summed E-state index contributed by atoms with van der Waals surface area (Å²) in [6, 6.07) is 12.1. The highest BCUT2D eigenvalue weighted by Gasteiger charge is 2.15. The van der Waals surface area contributed by atoms with E-state index >= 15 is 0 Å². The number of hydrogen-bond donors (Lipinski definition) is 1. The quantitative estimate of drug-likeness (QED) is 0.710. The second kappa shape index (κ2) is 8.09. The van der Waals surface area contributed by atoms with Crippen LogP contribution in [0, 0.1) is 0 Å². The predicted molar refractivity (Wildman–Crippen MR) is 101 cm³/mol. The number of likely N-dealkylation sites (N-methyl/N-ethyl adjacent to an activating group) is 1. The van der Waals surface area contributed by atoms with Crippen LogP contribution in [0.4, 0.5) is 0 Å². The molecule has 6 heteroatoms. The monoisotopic (exact) mass is 354 g/mol. The summed E-state index contributed by atoms with van der Waals surface area (Å²) in [5.74, 6) is 0.0360. The van der Waals surface area contributed by atoms with Gasteiger partial charge < -0.3 is 10.2 Å². The highest BCUT2D eigenvalue weighted by Crippen LogP contribution is 2.20. The fourth-order valence-corrected chi connectivity index (χ4v) is 3.42. The Labute approximate surface area is 151 Å². The van der Waals surface area contributed by atoms with E-state index < -0.39 is 0 Å². The van der Waals surface area contributed by atoms with E-state index in [0.29, 0.717) is 13.0 Å². The van der Waals surface area contributed by atoms with Crippen molar-refractivity contribution >= 4 is 17.2 Å². The maximum atomic E-state index is 12.3. The smallest absolute Gasteiger partial charge is 0.224 e. The molecule has 0 unspecified atom stereocenters. The summed E-state index contributed by atoms with van der Waals surface area (Å²) < 4.78 is 1.80. The molecule has 0 aliphatic carbocycles. The van der Waals surface area contributed by atoms with Gasteiger partial charge in [0.05, 0.1) is 18.2 Å². The summed E-state index contributed by atoms with van der Waals surface area (Å²) in [4.78, 5) is 14.4. The Morgan fingerprint density at radius 1 is 1.28 bits per heavy atom. The maximum Gasteiger partial charge on any atom is 0.224 e. The first-order valence-electron chi connectivity index (χ1n) is 8.17. The highest BCUT2D eigenvalue weighted by molar-refractivity contribution is 7.07. The number of thiophene rings is 1. The van der Waals surface area contributed by atoms with E-state index in [-0.39, 0.29) is 11.9 Å². The van der Waals surface area contributed by atoms with Crippen molar-refractivity contribution in [3.05, 3.63) is 70.7 Å². The molecule has 130 valence electrons. The van der Waals surface area contributed by atoms with Gasteiger partial charge in [-0.25, -0.2) is 4.68 Å². The van der Waals surface area contributed by atoms with Crippen molar-refractivity contribution in [2.45, 2.75) is 12.5 Å². The third-order valence-electron chi connectivity index (χ3n) is 4.11. The molecule has 1 aromatic carbocycles. The summed E-state index contributed by atoms with van der Waals surface area (Å²) in [6.07, 6.45) is 4.02. The molecule has 0 aliphatic rings. The largest absolute Gasteiger partial charge is 0.354 e. The van der Waals surface area contributed by atoms with Crippen LogP contribution in [0.3, 0.4) is 0 Å². The van der Waals surface area contributed by atoms with Gasteiger partial charge in [0.15, 0.2) is 0 Å². The molecule has 0 aliphatic heterocycles. The lowest BCUT2D eigenvalue weighted by Gasteiger charge is -2.24. The Morgan fingerprint density at radius 3 is 2.68 bits per heavy atom. The molecule has 0 saturated carbocycles. The minimum atomic E-state index is 0.0360. The lowest BCUT2D eigenvalue weighted by molar-refractivity contribution is -0.120. The van der Waals surface area contributed by atoms with Gasteiger partial charge in [-0.05, 0) is 60.2 Å². The highest BCUT2D eigenvalue weighted by atomic mass is 32.1. The number of nitrogens with one attached hydrogen (secondary N) is 1. The molecule has 25 heavy (non-hydrogen) atoms. The normalized spacial score (nSPS) is 12.3. The predicted octanol–water partition coefficient (Wildman–Crippen LogP) is 2.90. The van der Waals surface area contributed by atoms with Crippen LogP contribution in [-0.4, -0.2) is 41.2 Å². The van der Waals surface area contributed by atoms with Crippen molar-refractivity contribution in [1.82, 2.24) is 20.0 Å². The minimum Gasteiger partial charge on any atom is -0.354 e. The van der Waals surface area contributed by atoms with Crippen LogP contribution in [0.5, 0.6) is 0 Å². The van der Waals surface area contributed by atoms with Crippen LogP contribution >= 0.6 is 11.3 Å². The lowest BCUT2D eigenvalue weighted by atomic mass is 10.1. The zero-order chi connectivity index (χ0) is 17.6. The van der Waals surface area contributed by atoms with Crippen LogP contribution in [0.25, 0.3) is 5.69 Å². The van der Waals surface area contributed by atoms with Gasteiger partial charge in [-0.2, -0.15) is 16.4 Å². The van der Waals surface area contributed by atoms with Crippen LogP contribution in [0.15, 0.2) is 59.6 Å². The Balaban J connectivity index is 1.55. The topological polar surface area (TPSA) is 50.2 Å². The molecule has 2 aromatic heterocycles. The van der Waals surface area contributed by atoms with Gasteiger partial charge in [0.25, 0.3) is 0 Å². The molecule has 0 fully saturated rings. The van der Waals surface area contributed by atoms with Gasteiger partial charge in [-0.3, -0.25) is 4.79 Å². The Morgan fingerprint density at radius 2 is 2.08 bits per heavy atom. The molecule has 3 aromatic rings. The minimum absolute atomic E-state index is 0.0360. The number of aromatic nitrogens is 2. The zero-order valence-corrected chi connectivity index (χ0v) is 15.2. The second-order valence-corrected chi connectivity index (χ2v) is 6.91. The summed E-state index contributed by atoms with van der Waals surface area (Å²) >= 11 is 1.68. The molecule has 1 atom stereocenters. The molecule has 0 radical (unpaired) electrons. The first-order chi connectivity index (χ1) is 12.1. The van der Waals surface area contributed by atoms with E-state index in [4.69, 9.17) is 0 Å². The molecule has 3 rings (SSSR count). The van der Waals surface area contributed by atoms with Crippen molar-refractivity contribution in [3.8, 4) is 5.69 Å². The number of carbonyl (C=O) groups excluding carboxylic acids is 1. The van der Waals surface area contributed by atoms with Gasteiger partial charge in [-0.1, -0.05) is 12.1 Å². The Kier molecular flexibility index (Phi) is 5.63.